The number of carbonyl (C=O) groups excluding carboxylic acids is 1. The number of nitrogens with zero attached hydrogens (tertiary/aromatic N) is 4. The van der Waals surface area contributed by atoms with Crippen LogP contribution < -0.4 is 10.1 Å². The summed E-state index contributed by atoms with van der Waals surface area (Å²) in [5.41, 5.74) is 7.82. The van der Waals surface area contributed by atoms with Crippen molar-refractivity contribution in [2.45, 2.75) is 13.8 Å². The first-order chi connectivity index (χ1) is 17.4. The van der Waals surface area contributed by atoms with Crippen LogP contribution in [-0.2, 0) is 11.8 Å². The minimum atomic E-state index is -0.202. The number of pyridine rings is 1. The van der Waals surface area contributed by atoms with Crippen LogP contribution in [-0.4, -0.2) is 25.4 Å². The summed E-state index contributed by atoms with van der Waals surface area (Å²) in [6.45, 7) is 7.30. The largest absolute Gasteiger partial charge is 0.439 e. The number of hydrogen-bond donors (Lipinski definition) is 1. The summed E-state index contributed by atoms with van der Waals surface area (Å²) >= 11 is 0. The number of aromatic nitrogens is 4. The summed E-state index contributed by atoms with van der Waals surface area (Å²) in [5.74, 6) is 1.05. The first kappa shape index (κ1) is 23.0. The molecule has 2 aromatic carbocycles. The molecule has 7 nitrogen and oxygen atoms in total. The first-order valence-corrected chi connectivity index (χ1v) is 11.5. The van der Waals surface area contributed by atoms with Gasteiger partial charge in [-0.2, -0.15) is 0 Å². The number of carbonyl (C=O) groups is 1. The molecule has 7 heteroatoms. The molecule has 0 aliphatic rings. The molecule has 0 bridgehead atoms. The molecule has 0 unspecified atom stereocenters. The topological polar surface area (TPSA) is 81.9 Å². The van der Waals surface area contributed by atoms with Gasteiger partial charge >= 0.3 is 0 Å². The van der Waals surface area contributed by atoms with E-state index in [2.05, 4.69) is 31.4 Å². The molecule has 0 aliphatic carbocycles. The minimum Gasteiger partial charge on any atom is -0.439 e. The van der Waals surface area contributed by atoms with E-state index in [1.54, 1.807) is 13.3 Å². The van der Waals surface area contributed by atoms with E-state index in [0.29, 0.717) is 22.9 Å². The second-order valence-corrected chi connectivity index (χ2v) is 8.59. The number of fused-ring (bicyclic) bond motifs is 1. The van der Waals surface area contributed by atoms with Crippen LogP contribution in [0, 0.1) is 6.92 Å². The molecule has 178 valence electrons. The second-order valence-electron chi connectivity index (χ2n) is 8.59. The van der Waals surface area contributed by atoms with Crippen molar-refractivity contribution in [1.82, 2.24) is 19.5 Å². The number of anilines is 1. The lowest BCUT2D eigenvalue weighted by atomic mass is 10.00. The molecule has 5 rings (SSSR count). The van der Waals surface area contributed by atoms with Crippen molar-refractivity contribution in [2.75, 3.05) is 5.32 Å². The molecule has 36 heavy (non-hydrogen) atoms. The van der Waals surface area contributed by atoms with E-state index in [4.69, 9.17) is 4.74 Å². The maximum absolute atomic E-state index is 12.0. The number of benzene rings is 2. The summed E-state index contributed by atoms with van der Waals surface area (Å²) in [4.78, 5) is 25.2. The fourth-order valence-corrected chi connectivity index (χ4v) is 4.11. The number of rotatable bonds is 6. The Balaban J connectivity index is 1.54. The van der Waals surface area contributed by atoms with E-state index in [0.717, 1.165) is 39.1 Å². The van der Waals surface area contributed by atoms with Gasteiger partial charge in [0.25, 0.3) is 5.91 Å². The number of nitrogens with one attached hydrogen (secondary N) is 1. The van der Waals surface area contributed by atoms with Crippen LogP contribution in [0.1, 0.15) is 12.6 Å². The SMILES string of the molecule is C=C(C)C(=O)Nc1ccc(-c2c(-c3ccc(Oc4cccc(C)n4)cc3)c3ncncc3n2C)cc1. The number of hydrogen-bond acceptors (Lipinski definition) is 5. The van der Waals surface area contributed by atoms with E-state index in [9.17, 15) is 4.79 Å². The lowest BCUT2D eigenvalue weighted by molar-refractivity contribution is -0.112. The van der Waals surface area contributed by atoms with Gasteiger partial charge in [-0.3, -0.25) is 4.79 Å². The Morgan fingerprint density at radius 1 is 1.00 bits per heavy atom. The fourth-order valence-electron chi connectivity index (χ4n) is 4.11. The van der Waals surface area contributed by atoms with E-state index in [-0.39, 0.29) is 5.91 Å². The summed E-state index contributed by atoms with van der Waals surface area (Å²) in [6.07, 6.45) is 3.38. The highest BCUT2D eigenvalue weighted by Gasteiger charge is 2.20. The Morgan fingerprint density at radius 2 is 1.72 bits per heavy atom. The van der Waals surface area contributed by atoms with Gasteiger partial charge in [-0.1, -0.05) is 36.9 Å². The summed E-state index contributed by atoms with van der Waals surface area (Å²) in [5, 5.41) is 2.85. The molecule has 3 heterocycles. The molecule has 5 aromatic rings. The van der Waals surface area contributed by atoms with Crippen LogP contribution in [0.2, 0.25) is 0 Å². The van der Waals surface area contributed by atoms with Crippen molar-refractivity contribution in [3.8, 4) is 34.0 Å². The van der Waals surface area contributed by atoms with Gasteiger partial charge in [0, 0.05) is 35.6 Å². The number of amides is 1. The Morgan fingerprint density at radius 3 is 2.42 bits per heavy atom. The minimum absolute atomic E-state index is 0.202. The average Bonchev–Trinajstić information content (AvgIpc) is 3.17. The third-order valence-electron chi connectivity index (χ3n) is 5.90. The van der Waals surface area contributed by atoms with Crippen LogP contribution in [0.3, 0.4) is 0 Å². The lowest BCUT2D eigenvalue weighted by Gasteiger charge is -2.11. The molecule has 0 aliphatic heterocycles. The highest BCUT2D eigenvalue weighted by molar-refractivity contribution is 6.04. The predicted molar refractivity (Wildman–Crippen MR) is 142 cm³/mol. The Hall–Kier alpha value is -4.78. The smallest absolute Gasteiger partial charge is 0.250 e. The standard InChI is InChI=1S/C29H25N5O2/c1-18(2)29(35)33-22-12-8-21(9-13-22)28-26(27-24(34(28)4)16-30-17-31-27)20-10-14-23(15-11-20)36-25-7-5-6-19(3)32-25/h5-17H,1H2,2-4H3,(H,33,35). The van der Waals surface area contributed by atoms with Crippen molar-refractivity contribution < 1.29 is 9.53 Å². The van der Waals surface area contributed by atoms with E-state index >= 15 is 0 Å². The van der Waals surface area contributed by atoms with Crippen molar-refractivity contribution >= 4 is 22.6 Å². The molecule has 3 aromatic heterocycles. The molecule has 0 saturated carbocycles. The highest BCUT2D eigenvalue weighted by atomic mass is 16.5. The number of aryl methyl sites for hydroxylation is 2. The van der Waals surface area contributed by atoms with Gasteiger partial charge in [0.05, 0.1) is 17.4 Å². The van der Waals surface area contributed by atoms with Crippen LogP contribution in [0.25, 0.3) is 33.4 Å². The summed E-state index contributed by atoms with van der Waals surface area (Å²) in [6, 6.07) is 21.3. The second kappa shape index (κ2) is 9.46. The van der Waals surface area contributed by atoms with Crippen LogP contribution in [0.15, 0.2) is 91.4 Å². The van der Waals surface area contributed by atoms with Crippen molar-refractivity contribution in [2.24, 2.45) is 7.05 Å². The molecule has 0 saturated heterocycles. The van der Waals surface area contributed by atoms with Crippen molar-refractivity contribution in [1.29, 1.82) is 0 Å². The zero-order valence-electron chi connectivity index (χ0n) is 20.3. The van der Waals surface area contributed by atoms with E-state index in [1.165, 1.54) is 0 Å². The van der Waals surface area contributed by atoms with Crippen LogP contribution in [0.5, 0.6) is 11.6 Å². The van der Waals surface area contributed by atoms with E-state index in [1.807, 2.05) is 86.9 Å². The number of ether oxygens (including phenoxy) is 1. The van der Waals surface area contributed by atoms with Gasteiger partial charge in [-0.05, 0) is 55.3 Å². The summed E-state index contributed by atoms with van der Waals surface area (Å²) < 4.78 is 8.03. The Labute approximate surface area is 209 Å². The van der Waals surface area contributed by atoms with Gasteiger partial charge in [0.2, 0.25) is 5.88 Å². The maximum atomic E-state index is 12.0. The maximum Gasteiger partial charge on any atom is 0.250 e. The molecule has 0 radical (unpaired) electrons. The summed E-state index contributed by atoms with van der Waals surface area (Å²) in [7, 11) is 2.00. The zero-order chi connectivity index (χ0) is 25.2. The molecule has 1 amide bonds. The third kappa shape index (κ3) is 4.46. The quantitative estimate of drug-likeness (QED) is 0.291. The van der Waals surface area contributed by atoms with Gasteiger partial charge < -0.3 is 14.6 Å². The predicted octanol–water partition coefficient (Wildman–Crippen LogP) is 6.31. The van der Waals surface area contributed by atoms with Gasteiger partial charge in [-0.15, -0.1) is 0 Å². The lowest BCUT2D eigenvalue weighted by Crippen LogP contribution is -2.11. The van der Waals surface area contributed by atoms with Crippen LogP contribution >= 0.6 is 0 Å². The fraction of sp³-hybridized carbons (Fsp3) is 0.103. The molecule has 0 atom stereocenters. The molecular weight excluding hydrogens is 450 g/mol. The van der Waals surface area contributed by atoms with E-state index < -0.39 is 0 Å². The molecular formula is C29H25N5O2. The van der Waals surface area contributed by atoms with Crippen molar-refractivity contribution in [3.63, 3.8) is 0 Å². The zero-order valence-corrected chi connectivity index (χ0v) is 20.3. The monoisotopic (exact) mass is 475 g/mol. The highest BCUT2D eigenvalue weighted by Crippen LogP contribution is 2.40. The Bertz CT molecular complexity index is 1590. The molecule has 0 fully saturated rings. The van der Waals surface area contributed by atoms with Gasteiger partial charge in [0.15, 0.2) is 0 Å². The van der Waals surface area contributed by atoms with Gasteiger partial charge in [-0.25, -0.2) is 15.0 Å². The first-order valence-electron chi connectivity index (χ1n) is 11.5. The average molecular weight is 476 g/mol. The van der Waals surface area contributed by atoms with Crippen LogP contribution in [0.4, 0.5) is 5.69 Å². The van der Waals surface area contributed by atoms with Crippen molar-refractivity contribution in [3.05, 3.63) is 97.1 Å². The van der Waals surface area contributed by atoms with Gasteiger partial charge in [0.1, 0.15) is 17.6 Å². The Kier molecular flexibility index (Phi) is 6.04. The molecule has 0 spiro atoms. The molecule has 1 N–H and O–H groups in total. The normalized spacial score (nSPS) is 10.9. The third-order valence-corrected chi connectivity index (χ3v) is 5.90.